The topological polar surface area (TPSA) is 38.3 Å². The molecule has 0 atom stereocenters. The van der Waals surface area contributed by atoms with Gasteiger partial charge in [-0.05, 0) is 18.6 Å². The van der Waals surface area contributed by atoms with E-state index >= 15 is 0 Å². The lowest BCUT2D eigenvalue weighted by atomic mass is 10.1. The van der Waals surface area contributed by atoms with Gasteiger partial charge in [-0.2, -0.15) is 0 Å². The summed E-state index contributed by atoms with van der Waals surface area (Å²) < 4.78 is 5.21. The molecule has 1 aliphatic rings. The molecule has 1 aromatic carbocycles. The number of hydrogen-bond donors (Lipinski definition) is 1. The molecular weight excluding hydrogens is 190 g/mol. The van der Waals surface area contributed by atoms with Crippen LogP contribution in [0.3, 0.4) is 0 Å². The Labute approximate surface area is 88.8 Å². The molecule has 1 heterocycles. The van der Waals surface area contributed by atoms with Crippen LogP contribution in [0, 0.1) is 0 Å². The lowest BCUT2D eigenvalue weighted by Gasteiger charge is -2.04. The van der Waals surface area contributed by atoms with Crippen molar-refractivity contribution in [3.63, 3.8) is 0 Å². The SMILES string of the molecule is COc1ccccc1/C=C1\CCNC1=O. The molecule has 1 amide bonds. The molecule has 1 aliphatic heterocycles. The molecule has 1 fully saturated rings. The van der Waals surface area contributed by atoms with Crippen LogP contribution in [-0.4, -0.2) is 19.6 Å². The van der Waals surface area contributed by atoms with Crippen LogP contribution in [0.5, 0.6) is 5.75 Å². The van der Waals surface area contributed by atoms with E-state index in [2.05, 4.69) is 5.32 Å². The molecule has 3 nitrogen and oxygen atoms in total. The molecule has 0 aromatic heterocycles. The number of rotatable bonds is 2. The molecule has 1 N–H and O–H groups in total. The molecule has 3 heteroatoms. The van der Waals surface area contributed by atoms with E-state index in [1.807, 2.05) is 30.3 Å². The Kier molecular flexibility index (Phi) is 2.72. The number of para-hydroxylation sites is 1. The predicted octanol–water partition coefficient (Wildman–Crippen LogP) is 1.60. The summed E-state index contributed by atoms with van der Waals surface area (Å²) in [4.78, 5) is 11.4. The van der Waals surface area contributed by atoms with Crippen molar-refractivity contribution in [3.05, 3.63) is 35.4 Å². The molecule has 0 radical (unpaired) electrons. The molecule has 1 saturated heterocycles. The van der Waals surface area contributed by atoms with Crippen LogP contribution in [0.4, 0.5) is 0 Å². The van der Waals surface area contributed by atoms with E-state index in [0.29, 0.717) is 0 Å². The summed E-state index contributed by atoms with van der Waals surface area (Å²) in [5.74, 6) is 0.825. The summed E-state index contributed by atoms with van der Waals surface area (Å²) in [5.41, 5.74) is 1.77. The Morgan fingerprint density at radius 1 is 1.40 bits per heavy atom. The van der Waals surface area contributed by atoms with Crippen LogP contribution in [-0.2, 0) is 4.79 Å². The van der Waals surface area contributed by atoms with Gasteiger partial charge in [0.05, 0.1) is 7.11 Å². The largest absolute Gasteiger partial charge is 0.496 e. The van der Waals surface area contributed by atoms with Gasteiger partial charge in [-0.25, -0.2) is 0 Å². The summed E-state index contributed by atoms with van der Waals surface area (Å²) >= 11 is 0. The fourth-order valence-corrected chi connectivity index (χ4v) is 1.65. The van der Waals surface area contributed by atoms with E-state index in [9.17, 15) is 4.79 Å². The molecular formula is C12H13NO2. The van der Waals surface area contributed by atoms with Crippen LogP contribution in [0.1, 0.15) is 12.0 Å². The van der Waals surface area contributed by atoms with Gasteiger partial charge >= 0.3 is 0 Å². The normalized spacial score (nSPS) is 17.9. The van der Waals surface area contributed by atoms with Crippen molar-refractivity contribution in [2.75, 3.05) is 13.7 Å². The van der Waals surface area contributed by atoms with Gasteiger partial charge in [-0.1, -0.05) is 18.2 Å². The Morgan fingerprint density at radius 2 is 2.20 bits per heavy atom. The third-order valence-electron chi connectivity index (χ3n) is 2.44. The van der Waals surface area contributed by atoms with E-state index in [1.165, 1.54) is 0 Å². The molecule has 0 bridgehead atoms. The number of methoxy groups -OCH3 is 1. The fraction of sp³-hybridized carbons (Fsp3) is 0.250. The first kappa shape index (κ1) is 9.77. The second-order valence-corrected chi connectivity index (χ2v) is 3.42. The maximum absolute atomic E-state index is 11.4. The molecule has 0 unspecified atom stereocenters. The molecule has 15 heavy (non-hydrogen) atoms. The smallest absolute Gasteiger partial charge is 0.247 e. The first-order valence-corrected chi connectivity index (χ1v) is 4.93. The standard InChI is InChI=1S/C12H13NO2/c1-15-11-5-3-2-4-9(11)8-10-6-7-13-12(10)14/h2-5,8H,6-7H2,1H3,(H,13,14)/b10-8+. The number of carbonyl (C=O) groups excluding carboxylic acids is 1. The quantitative estimate of drug-likeness (QED) is 0.741. The van der Waals surface area contributed by atoms with Crippen molar-refractivity contribution < 1.29 is 9.53 Å². The molecule has 1 aromatic rings. The zero-order valence-electron chi connectivity index (χ0n) is 8.62. The predicted molar refractivity (Wildman–Crippen MR) is 58.6 cm³/mol. The minimum Gasteiger partial charge on any atom is -0.496 e. The molecule has 0 aliphatic carbocycles. The summed E-state index contributed by atoms with van der Waals surface area (Å²) in [5, 5.41) is 2.78. The Morgan fingerprint density at radius 3 is 2.87 bits per heavy atom. The van der Waals surface area contributed by atoms with E-state index in [-0.39, 0.29) is 5.91 Å². The monoisotopic (exact) mass is 203 g/mol. The first-order chi connectivity index (χ1) is 7.31. The van der Waals surface area contributed by atoms with E-state index in [1.54, 1.807) is 7.11 Å². The summed E-state index contributed by atoms with van der Waals surface area (Å²) in [6.07, 6.45) is 2.68. The van der Waals surface area contributed by atoms with Crippen molar-refractivity contribution in [3.8, 4) is 5.75 Å². The van der Waals surface area contributed by atoms with Crippen molar-refractivity contribution in [2.24, 2.45) is 0 Å². The van der Waals surface area contributed by atoms with Gasteiger partial charge in [0, 0.05) is 17.7 Å². The average Bonchev–Trinajstić information content (AvgIpc) is 2.65. The van der Waals surface area contributed by atoms with Crippen LogP contribution in [0.15, 0.2) is 29.8 Å². The number of nitrogens with one attached hydrogen (secondary N) is 1. The lowest BCUT2D eigenvalue weighted by molar-refractivity contribution is -0.116. The highest BCUT2D eigenvalue weighted by Gasteiger charge is 2.16. The van der Waals surface area contributed by atoms with E-state index < -0.39 is 0 Å². The number of benzene rings is 1. The Bertz CT molecular complexity index is 410. The van der Waals surface area contributed by atoms with Crippen molar-refractivity contribution >= 4 is 12.0 Å². The van der Waals surface area contributed by atoms with Gasteiger partial charge in [0.2, 0.25) is 5.91 Å². The molecule has 0 saturated carbocycles. The highest BCUT2D eigenvalue weighted by atomic mass is 16.5. The van der Waals surface area contributed by atoms with Crippen LogP contribution < -0.4 is 10.1 Å². The third kappa shape index (κ3) is 2.01. The van der Waals surface area contributed by atoms with Gasteiger partial charge in [0.1, 0.15) is 5.75 Å². The third-order valence-corrected chi connectivity index (χ3v) is 2.44. The molecule has 2 rings (SSSR count). The first-order valence-electron chi connectivity index (χ1n) is 4.93. The number of carbonyl (C=O) groups is 1. The number of ether oxygens (including phenoxy) is 1. The minimum absolute atomic E-state index is 0.0286. The van der Waals surface area contributed by atoms with Crippen LogP contribution >= 0.6 is 0 Å². The Balaban J connectivity index is 2.34. The van der Waals surface area contributed by atoms with Crippen LogP contribution in [0.2, 0.25) is 0 Å². The summed E-state index contributed by atoms with van der Waals surface area (Å²) in [6, 6.07) is 7.67. The molecule has 78 valence electrons. The van der Waals surface area contributed by atoms with E-state index in [4.69, 9.17) is 4.74 Å². The minimum atomic E-state index is 0.0286. The van der Waals surface area contributed by atoms with Gasteiger partial charge in [-0.3, -0.25) is 4.79 Å². The zero-order chi connectivity index (χ0) is 10.7. The summed E-state index contributed by atoms with van der Waals surface area (Å²) in [7, 11) is 1.63. The summed E-state index contributed by atoms with van der Waals surface area (Å²) in [6.45, 7) is 0.736. The number of hydrogen-bond acceptors (Lipinski definition) is 2. The van der Waals surface area contributed by atoms with Gasteiger partial charge in [-0.15, -0.1) is 0 Å². The highest BCUT2D eigenvalue weighted by molar-refractivity contribution is 6.00. The molecule has 0 spiro atoms. The highest BCUT2D eigenvalue weighted by Crippen LogP contribution is 2.22. The second kappa shape index (κ2) is 4.17. The van der Waals surface area contributed by atoms with Gasteiger partial charge in [0.25, 0.3) is 0 Å². The van der Waals surface area contributed by atoms with Crippen molar-refractivity contribution in [1.29, 1.82) is 0 Å². The average molecular weight is 203 g/mol. The zero-order valence-corrected chi connectivity index (χ0v) is 8.62. The number of amides is 1. The van der Waals surface area contributed by atoms with Gasteiger partial charge in [0.15, 0.2) is 0 Å². The Hall–Kier alpha value is -1.77. The maximum atomic E-state index is 11.4. The maximum Gasteiger partial charge on any atom is 0.247 e. The lowest BCUT2D eigenvalue weighted by Crippen LogP contribution is -2.14. The van der Waals surface area contributed by atoms with Crippen LogP contribution in [0.25, 0.3) is 6.08 Å². The van der Waals surface area contributed by atoms with Crippen molar-refractivity contribution in [2.45, 2.75) is 6.42 Å². The van der Waals surface area contributed by atoms with Gasteiger partial charge < -0.3 is 10.1 Å². The van der Waals surface area contributed by atoms with Crippen molar-refractivity contribution in [1.82, 2.24) is 5.32 Å². The fourth-order valence-electron chi connectivity index (χ4n) is 1.65. The van der Waals surface area contributed by atoms with E-state index in [0.717, 1.165) is 29.9 Å². The second-order valence-electron chi connectivity index (χ2n) is 3.42.